The van der Waals surface area contributed by atoms with E-state index in [1.54, 1.807) is 0 Å². The normalized spacial score (nSPS) is 41.0. The van der Waals surface area contributed by atoms with Crippen molar-refractivity contribution in [3.8, 4) is 0 Å². The van der Waals surface area contributed by atoms with E-state index in [9.17, 15) is 4.79 Å². The van der Waals surface area contributed by atoms with Crippen molar-refractivity contribution in [1.29, 1.82) is 0 Å². The highest BCUT2D eigenvalue weighted by Crippen LogP contribution is 2.72. The molecule has 4 unspecified atom stereocenters. The molecule has 0 spiro atoms. The van der Waals surface area contributed by atoms with Crippen molar-refractivity contribution in [3.05, 3.63) is 0 Å². The first-order chi connectivity index (χ1) is 10.8. The van der Waals surface area contributed by atoms with Gasteiger partial charge in [-0.25, -0.2) is 0 Å². The van der Waals surface area contributed by atoms with Crippen LogP contribution in [0.1, 0.15) is 66.2 Å². The Bertz CT molecular complexity index is 472. The quantitative estimate of drug-likeness (QED) is 0.809. The SMILES string of the molecule is CCOC(=O)C(N)C1(N2CCCCC2)CC2CCC1(C)C2(C)C. The Balaban J connectivity index is 2.03. The molecular formula is C19H34N2O2. The molecule has 0 aromatic rings. The lowest BCUT2D eigenvalue weighted by Crippen LogP contribution is -2.70. The molecule has 0 radical (unpaired) electrons. The molecule has 0 amide bonds. The Morgan fingerprint density at radius 1 is 1.26 bits per heavy atom. The summed E-state index contributed by atoms with van der Waals surface area (Å²) in [7, 11) is 0. The summed E-state index contributed by atoms with van der Waals surface area (Å²) in [5.41, 5.74) is 6.73. The van der Waals surface area contributed by atoms with Gasteiger partial charge in [-0.2, -0.15) is 0 Å². The van der Waals surface area contributed by atoms with Gasteiger partial charge in [0.15, 0.2) is 0 Å². The van der Waals surface area contributed by atoms with E-state index in [4.69, 9.17) is 10.5 Å². The smallest absolute Gasteiger partial charge is 0.324 e. The number of nitrogens with two attached hydrogens (primary N) is 1. The lowest BCUT2D eigenvalue weighted by molar-refractivity contribution is -0.156. The molecule has 1 saturated heterocycles. The molecule has 4 heteroatoms. The van der Waals surface area contributed by atoms with Crippen LogP contribution in [-0.2, 0) is 9.53 Å². The van der Waals surface area contributed by atoms with Crippen molar-refractivity contribution in [1.82, 2.24) is 4.90 Å². The lowest BCUT2D eigenvalue weighted by atomic mass is 9.59. The molecule has 0 aromatic heterocycles. The summed E-state index contributed by atoms with van der Waals surface area (Å²) in [5, 5.41) is 0. The van der Waals surface area contributed by atoms with Crippen molar-refractivity contribution < 1.29 is 9.53 Å². The first kappa shape index (κ1) is 17.2. The summed E-state index contributed by atoms with van der Waals surface area (Å²) in [4.78, 5) is 15.2. The van der Waals surface area contributed by atoms with Gasteiger partial charge in [0, 0.05) is 0 Å². The highest BCUT2D eigenvalue weighted by atomic mass is 16.5. The molecule has 23 heavy (non-hydrogen) atoms. The van der Waals surface area contributed by atoms with Crippen LogP contribution in [0.5, 0.6) is 0 Å². The fraction of sp³-hybridized carbons (Fsp3) is 0.947. The highest BCUT2D eigenvalue weighted by Gasteiger charge is 2.73. The second kappa shape index (κ2) is 5.73. The molecule has 1 aliphatic heterocycles. The number of ether oxygens (including phenoxy) is 1. The maximum absolute atomic E-state index is 12.6. The first-order valence-electron chi connectivity index (χ1n) is 9.48. The number of esters is 1. The zero-order chi connectivity index (χ0) is 16.9. The van der Waals surface area contributed by atoms with E-state index in [-0.39, 0.29) is 22.3 Å². The minimum atomic E-state index is -0.532. The van der Waals surface area contributed by atoms with Gasteiger partial charge in [0.2, 0.25) is 0 Å². The van der Waals surface area contributed by atoms with E-state index >= 15 is 0 Å². The molecule has 1 heterocycles. The van der Waals surface area contributed by atoms with Crippen molar-refractivity contribution in [2.75, 3.05) is 19.7 Å². The Kier molecular flexibility index (Phi) is 4.29. The monoisotopic (exact) mass is 322 g/mol. The van der Waals surface area contributed by atoms with Gasteiger partial charge in [-0.15, -0.1) is 0 Å². The molecule has 3 aliphatic rings. The van der Waals surface area contributed by atoms with Crippen LogP contribution in [0.2, 0.25) is 0 Å². The van der Waals surface area contributed by atoms with Gasteiger partial charge in [-0.1, -0.05) is 27.2 Å². The van der Waals surface area contributed by atoms with Crippen LogP contribution < -0.4 is 5.73 Å². The van der Waals surface area contributed by atoms with Crippen molar-refractivity contribution in [2.45, 2.75) is 77.8 Å². The van der Waals surface area contributed by atoms with Gasteiger partial charge < -0.3 is 10.5 Å². The number of hydrogen-bond acceptors (Lipinski definition) is 4. The van der Waals surface area contributed by atoms with Gasteiger partial charge >= 0.3 is 5.97 Å². The number of fused-ring (bicyclic) bond motifs is 2. The summed E-state index contributed by atoms with van der Waals surface area (Å²) in [6.45, 7) is 11.6. The van der Waals surface area contributed by atoms with Crippen LogP contribution in [0.4, 0.5) is 0 Å². The molecule has 2 N–H and O–H groups in total. The number of likely N-dealkylation sites (tertiary alicyclic amines) is 1. The van der Waals surface area contributed by atoms with Crippen LogP contribution in [-0.4, -0.2) is 42.1 Å². The standard InChI is InChI=1S/C19H34N2O2/c1-5-23-16(22)15(20)19(21-11-7-6-8-12-21)13-14-9-10-18(19,4)17(14,2)3/h14-15H,5-13,20H2,1-4H3. The van der Waals surface area contributed by atoms with Crippen LogP contribution >= 0.6 is 0 Å². The molecule has 132 valence electrons. The number of hydrogen-bond donors (Lipinski definition) is 1. The van der Waals surface area contributed by atoms with Crippen molar-refractivity contribution in [3.63, 3.8) is 0 Å². The van der Waals surface area contributed by atoms with Gasteiger partial charge in [-0.05, 0) is 68.9 Å². The van der Waals surface area contributed by atoms with Gasteiger partial charge in [0.1, 0.15) is 6.04 Å². The summed E-state index contributed by atoms with van der Waals surface area (Å²) in [6, 6.07) is -0.532. The van der Waals surface area contributed by atoms with Gasteiger partial charge in [0.05, 0.1) is 12.1 Å². The fourth-order valence-corrected chi connectivity index (χ4v) is 6.19. The van der Waals surface area contributed by atoms with E-state index < -0.39 is 6.04 Å². The highest BCUT2D eigenvalue weighted by molar-refractivity contribution is 5.78. The summed E-state index contributed by atoms with van der Waals surface area (Å²) >= 11 is 0. The molecule has 2 aliphatic carbocycles. The average molecular weight is 322 g/mol. The Morgan fingerprint density at radius 3 is 2.39 bits per heavy atom. The molecule has 0 aromatic carbocycles. The minimum absolute atomic E-state index is 0.0776. The third-order valence-electron chi connectivity index (χ3n) is 7.92. The van der Waals surface area contributed by atoms with Crippen LogP contribution in [0.15, 0.2) is 0 Å². The van der Waals surface area contributed by atoms with E-state index in [0.717, 1.165) is 19.5 Å². The Morgan fingerprint density at radius 2 is 1.91 bits per heavy atom. The van der Waals surface area contributed by atoms with Crippen LogP contribution in [0.3, 0.4) is 0 Å². The van der Waals surface area contributed by atoms with Crippen molar-refractivity contribution >= 4 is 5.97 Å². The predicted octanol–water partition coefficient (Wildman–Crippen LogP) is 2.95. The minimum Gasteiger partial charge on any atom is -0.465 e. The second-order valence-electron chi connectivity index (χ2n) is 8.70. The molecular weight excluding hydrogens is 288 g/mol. The van der Waals surface area contributed by atoms with E-state index in [1.807, 2.05) is 6.92 Å². The maximum Gasteiger partial charge on any atom is 0.324 e. The number of carbonyl (C=O) groups is 1. The molecule has 4 nitrogen and oxygen atoms in total. The molecule has 2 bridgehead atoms. The Hall–Kier alpha value is -0.610. The van der Waals surface area contributed by atoms with Crippen LogP contribution in [0.25, 0.3) is 0 Å². The molecule has 2 saturated carbocycles. The summed E-state index contributed by atoms with van der Waals surface area (Å²) in [5.74, 6) is 0.456. The third kappa shape index (κ3) is 2.13. The zero-order valence-corrected chi connectivity index (χ0v) is 15.4. The summed E-state index contributed by atoms with van der Waals surface area (Å²) < 4.78 is 5.36. The first-order valence-corrected chi connectivity index (χ1v) is 9.48. The number of nitrogens with zero attached hydrogens (tertiary/aromatic N) is 1. The number of piperidine rings is 1. The average Bonchev–Trinajstić information content (AvgIpc) is 2.87. The van der Waals surface area contributed by atoms with E-state index in [1.165, 1.54) is 32.1 Å². The van der Waals surface area contributed by atoms with Crippen LogP contribution in [0, 0.1) is 16.7 Å². The third-order valence-corrected chi connectivity index (χ3v) is 7.92. The molecule has 3 fully saturated rings. The Labute approximate surface area is 141 Å². The second-order valence-corrected chi connectivity index (χ2v) is 8.70. The predicted molar refractivity (Wildman–Crippen MR) is 92.0 cm³/mol. The zero-order valence-electron chi connectivity index (χ0n) is 15.4. The van der Waals surface area contributed by atoms with Crippen molar-refractivity contribution in [2.24, 2.45) is 22.5 Å². The topological polar surface area (TPSA) is 55.6 Å². The number of carbonyl (C=O) groups excluding carboxylic acids is 1. The fourth-order valence-electron chi connectivity index (χ4n) is 6.19. The largest absolute Gasteiger partial charge is 0.465 e. The van der Waals surface area contributed by atoms with E-state index in [2.05, 4.69) is 25.7 Å². The van der Waals surface area contributed by atoms with Gasteiger partial charge in [-0.3, -0.25) is 9.69 Å². The van der Waals surface area contributed by atoms with E-state index in [0.29, 0.717) is 12.5 Å². The summed E-state index contributed by atoms with van der Waals surface area (Å²) in [6.07, 6.45) is 7.24. The molecule has 3 rings (SSSR count). The van der Waals surface area contributed by atoms with Gasteiger partial charge in [0.25, 0.3) is 0 Å². The lowest BCUT2D eigenvalue weighted by Gasteiger charge is -2.57. The maximum atomic E-state index is 12.6. The molecule has 4 atom stereocenters. The number of rotatable bonds is 4.